The molecule has 0 amide bonds. The molecule has 1 fully saturated rings. The highest BCUT2D eigenvalue weighted by atomic mass is 16.6. The summed E-state index contributed by atoms with van der Waals surface area (Å²) in [5.41, 5.74) is 5.34. The molecular weight excluding hydrogens is 184 g/mol. The lowest BCUT2D eigenvalue weighted by molar-refractivity contribution is -0.196. The van der Waals surface area contributed by atoms with Crippen molar-refractivity contribution in [3.05, 3.63) is 0 Å². The van der Waals surface area contributed by atoms with Crippen LogP contribution in [0.25, 0.3) is 0 Å². The quantitative estimate of drug-likeness (QED) is 0.422. The SMILES string of the molecule is NCCCNCC1O[C@H](O)CC[C@@H]1O. The molecule has 1 aliphatic heterocycles. The average Bonchev–Trinajstić information content (AvgIpc) is 2.18. The van der Waals surface area contributed by atoms with Gasteiger partial charge in [-0.2, -0.15) is 0 Å². The van der Waals surface area contributed by atoms with E-state index in [2.05, 4.69) is 5.32 Å². The van der Waals surface area contributed by atoms with Gasteiger partial charge in [0.15, 0.2) is 6.29 Å². The van der Waals surface area contributed by atoms with Crippen molar-refractivity contribution in [3.8, 4) is 0 Å². The molecule has 0 aliphatic carbocycles. The summed E-state index contributed by atoms with van der Waals surface area (Å²) >= 11 is 0. The first-order valence-corrected chi connectivity index (χ1v) is 5.16. The molecule has 1 unspecified atom stereocenters. The van der Waals surface area contributed by atoms with E-state index in [9.17, 15) is 10.2 Å². The normalized spacial score (nSPS) is 33.2. The summed E-state index contributed by atoms with van der Waals surface area (Å²) in [6.07, 6.45) is 0.538. The van der Waals surface area contributed by atoms with E-state index in [0.717, 1.165) is 13.0 Å². The van der Waals surface area contributed by atoms with Crippen molar-refractivity contribution in [3.63, 3.8) is 0 Å². The highest BCUT2D eigenvalue weighted by Gasteiger charge is 2.28. The fraction of sp³-hybridized carbons (Fsp3) is 1.00. The number of nitrogens with one attached hydrogen (secondary N) is 1. The number of hydrogen-bond acceptors (Lipinski definition) is 5. The van der Waals surface area contributed by atoms with Crippen LogP contribution in [0.2, 0.25) is 0 Å². The van der Waals surface area contributed by atoms with E-state index in [1.807, 2.05) is 0 Å². The predicted molar refractivity (Wildman–Crippen MR) is 52.7 cm³/mol. The van der Waals surface area contributed by atoms with Gasteiger partial charge in [0.1, 0.15) is 0 Å². The lowest BCUT2D eigenvalue weighted by atomic mass is 10.0. The summed E-state index contributed by atoms with van der Waals surface area (Å²) in [6, 6.07) is 0. The van der Waals surface area contributed by atoms with Crippen molar-refractivity contribution < 1.29 is 14.9 Å². The Kier molecular flexibility index (Phi) is 5.36. The summed E-state index contributed by atoms with van der Waals surface area (Å²) in [4.78, 5) is 0. The second kappa shape index (κ2) is 6.31. The van der Waals surface area contributed by atoms with Crippen LogP contribution in [0.4, 0.5) is 0 Å². The van der Waals surface area contributed by atoms with E-state index in [1.54, 1.807) is 0 Å². The minimum atomic E-state index is -0.722. The Bertz CT molecular complexity index is 157. The second-order valence-electron chi connectivity index (χ2n) is 3.62. The van der Waals surface area contributed by atoms with Crippen LogP contribution in [0.15, 0.2) is 0 Å². The summed E-state index contributed by atoms with van der Waals surface area (Å²) < 4.78 is 5.19. The molecule has 84 valence electrons. The molecule has 1 rings (SSSR count). The standard InChI is InChI=1S/C9H20N2O3/c10-4-1-5-11-6-8-7(12)2-3-9(13)14-8/h7-9,11-13H,1-6,10H2/t7-,8?,9-/m0/s1. The van der Waals surface area contributed by atoms with Gasteiger partial charge in [-0.05, 0) is 25.9 Å². The summed E-state index contributed by atoms with van der Waals surface area (Å²) in [5.74, 6) is 0. The highest BCUT2D eigenvalue weighted by Crippen LogP contribution is 2.17. The van der Waals surface area contributed by atoms with Crippen LogP contribution in [0, 0.1) is 0 Å². The largest absolute Gasteiger partial charge is 0.390 e. The van der Waals surface area contributed by atoms with Gasteiger partial charge in [0.25, 0.3) is 0 Å². The molecule has 0 spiro atoms. The molecule has 0 aromatic rings. The van der Waals surface area contributed by atoms with E-state index in [1.165, 1.54) is 0 Å². The number of nitrogens with two attached hydrogens (primary N) is 1. The summed E-state index contributed by atoms with van der Waals surface area (Å²) in [7, 11) is 0. The lowest BCUT2D eigenvalue weighted by Crippen LogP contribution is -2.45. The molecule has 5 nitrogen and oxygen atoms in total. The Balaban J connectivity index is 2.14. The molecular formula is C9H20N2O3. The van der Waals surface area contributed by atoms with Crippen LogP contribution in [0.1, 0.15) is 19.3 Å². The van der Waals surface area contributed by atoms with Crippen LogP contribution in [0.5, 0.6) is 0 Å². The smallest absolute Gasteiger partial charge is 0.155 e. The van der Waals surface area contributed by atoms with Gasteiger partial charge >= 0.3 is 0 Å². The molecule has 5 heteroatoms. The maximum absolute atomic E-state index is 9.54. The first kappa shape index (κ1) is 11.9. The Labute approximate surface area is 84.2 Å². The highest BCUT2D eigenvalue weighted by molar-refractivity contribution is 4.76. The van der Waals surface area contributed by atoms with Crippen LogP contribution >= 0.6 is 0 Å². The fourth-order valence-electron chi connectivity index (χ4n) is 1.52. The van der Waals surface area contributed by atoms with Crippen LogP contribution in [-0.2, 0) is 4.74 Å². The van der Waals surface area contributed by atoms with Crippen molar-refractivity contribution >= 4 is 0 Å². The fourth-order valence-corrected chi connectivity index (χ4v) is 1.52. The molecule has 3 atom stereocenters. The van der Waals surface area contributed by atoms with Crippen molar-refractivity contribution in [1.29, 1.82) is 0 Å². The maximum Gasteiger partial charge on any atom is 0.155 e. The molecule has 14 heavy (non-hydrogen) atoms. The Morgan fingerprint density at radius 2 is 2.14 bits per heavy atom. The number of hydrogen-bond donors (Lipinski definition) is 4. The zero-order valence-electron chi connectivity index (χ0n) is 8.35. The van der Waals surface area contributed by atoms with E-state index in [4.69, 9.17) is 10.5 Å². The predicted octanol–water partition coefficient (Wildman–Crippen LogP) is -1.22. The van der Waals surface area contributed by atoms with Gasteiger partial charge in [-0.1, -0.05) is 0 Å². The molecule has 0 aromatic heterocycles. The third-order valence-electron chi connectivity index (χ3n) is 2.37. The lowest BCUT2D eigenvalue weighted by Gasteiger charge is -2.31. The molecule has 1 heterocycles. The number of aliphatic hydroxyl groups is 2. The van der Waals surface area contributed by atoms with Crippen LogP contribution in [0.3, 0.4) is 0 Å². The van der Waals surface area contributed by atoms with E-state index in [0.29, 0.717) is 25.9 Å². The third-order valence-corrected chi connectivity index (χ3v) is 2.37. The number of rotatable bonds is 5. The van der Waals surface area contributed by atoms with Gasteiger partial charge in [-0.3, -0.25) is 0 Å². The van der Waals surface area contributed by atoms with Crippen molar-refractivity contribution in [2.45, 2.75) is 37.8 Å². The molecule has 0 radical (unpaired) electrons. The molecule has 1 aliphatic rings. The maximum atomic E-state index is 9.54. The topological polar surface area (TPSA) is 87.7 Å². The monoisotopic (exact) mass is 204 g/mol. The van der Waals surface area contributed by atoms with Gasteiger partial charge in [-0.25, -0.2) is 0 Å². The van der Waals surface area contributed by atoms with Gasteiger partial charge < -0.3 is 26.0 Å². The van der Waals surface area contributed by atoms with Gasteiger partial charge in [-0.15, -0.1) is 0 Å². The number of aliphatic hydroxyl groups excluding tert-OH is 2. The zero-order valence-corrected chi connectivity index (χ0v) is 8.35. The van der Waals surface area contributed by atoms with Crippen LogP contribution < -0.4 is 11.1 Å². The Morgan fingerprint density at radius 1 is 1.36 bits per heavy atom. The van der Waals surface area contributed by atoms with Crippen molar-refractivity contribution in [1.82, 2.24) is 5.32 Å². The Morgan fingerprint density at radius 3 is 2.86 bits per heavy atom. The Hall–Kier alpha value is -0.200. The minimum Gasteiger partial charge on any atom is -0.390 e. The second-order valence-corrected chi connectivity index (χ2v) is 3.62. The van der Waals surface area contributed by atoms with Gasteiger partial charge in [0, 0.05) is 13.0 Å². The summed E-state index contributed by atoms with van der Waals surface area (Å²) in [5, 5.41) is 21.9. The van der Waals surface area contributed by atoms with Gasteiger partial charge in [0.2, 0.25) is 0 Å². The van der Waals surface area contributed by atoms with E-state index >= 15 is 0 Å². The summed E-state index contributed by atoms with van der Waals surface area (Å²) in [6.45, 7) is 2.04. The first-order chi connectivity index (χ1) is 6.74. The number of ether oxygens (including phenoxy) is 1. The first-order valence-electron chi connectivity index (χ1n) is 5.16. The van der Waals surface area contributed by atoms with E-state index in [-0.39, 0.29) is 6.10 Å². The third kappa shape index (κ3) is 3.89. The minimum absolute atomic E-state index is 0.295. The molecule has 0 bridgehead atoms. The van der Waals surface area contributed by atoms with E-state index < -0.39 is 12.4 Å². The van der Waals surface area contributed by atoms with Crippen molar-refractivity contribution in [2.24, 2.45) is 5.73 Å². The molecule has 0 aromatic carbocycles. The molecule has 5 N–H and O–H groups in total. The average molecular weight is 204 g/mol. The van der Waals surface area contributed by atoms with Crippen molar-refractivity contribution in [2.75, 3.05) is 19.6 Å². The zero-order chi connectivity index (χ0) is 10.4. The van der Waals surface area contributed by atoms with Gasteiger partial charge in [0.05, 0.1) is 12.2 Å². The molecule has 0 saturated carbocycles. The molecule has 1 saturated heterocycles. The van der Waals surface area contributed by atoms with Crippen LogP contribution in [-0.4, -0.2) is 48.3 Å².